The predicted octanol–water partition coefficient (Wildman–Crippen LogP) is 10.3. The summed E-state index contributed by atoms with van der Waals surface area (Å²) in [6.45, 7) is 4.98. The van der Waals surface area contributed by atoms with Crippen molar-refractivity contribution in [2.75, 3.05) is 0 Å². The number of fused-ring (bicyclic) bond motifs is 5. The van der Waals surface area contributed by atoms with Crippen LogP contribution in [-0.2, 0) is 0 Å². The third-order valence-electron chi connectivity index (χ3n) is 9.90. The Kier molecular flexibility index (Phi) is 6.31. The molecule has 0 N–H and O–H groups in total. The van der Waals surface area contributed by atoms with E-state index in [0.717, 1.165) is 44.7 Å². The quantitative estimate of drug-likeness (QED) is 0.145. The van der Waals surface area contributed by atoms with Gasteiger partial charge in [0.05, 0.1) is 11.4 Å². The second-order valence-corrected chi connectivity index (χ2v) is 17.3. The molecule has 1 aliphatic heterocycles. The molecule has 2 heterocycles. The van der Waals surface area contributed by atoms with E-state index in [1.54, 1.807) is 0 Å². The van der Waals surface area contributed by atoms with Crippen LogP contribution in [0.5, 0.6) is 0 Å². The fraction of sp³-hybridized carbons (Fsp3) is 0.0455. The first-order valence-electron chi connectivity index (χ1n) is 16.3. The number of nitrogens with zero attached hydrogens (tertiary/aromatic N) is 2. The van der Waals surface area contributed by atoms with Gasteiger partial charge in [-0.15, -0.1) is 0 Å². The highest BCUT2D eigenvalue weighted by Gasteiger charge is 2.38. The molecule has 0 radical (unpaired) electrons. The summed E-state index contributed by atoms with van der Waals surface area (Å²) >= 11 is 0. The summed E-state index contributed by atoms with van der Waals surface area (Å²) in [4.78, 5) is 10.6. The molecule has 3 heteroatoms. The Morgan fingerprint density at radius 2 is 0.830 bits per heavy atom. The lowest BCUT2D eigenvalue weighted by molar-refractivity contribution is 1.19. The fourth-order valence-corrected chi connectivity index (χ4v) is 10.8. The second kappa shape index (κ2) is 10.7. The van der Waals surface area contributed by atoms with Crippen molar-refractivity contribution < 1.29 is 0 Å². The third-order valence-corrected chi connectivity index (χ3v) is 13.4. The summed E-state index contributed by atoms with van der Waals surface area (Å²) in [5.74, 6) is 0.737. The minimum absolute atomic E-state index is 0.737. The van der Waals surface area contributed by atoms with Crippen LogP contribution in [0.25, 0.3) is 77.7 Å². The molecule has 0 saturated carbocycles. The molecule has 9 rings (SSSR count). The molecule has 1 aromatic heterocycles. The normalized spacial score (nSPS) is 13.1. The Hall–Kier alpha value is -5.64. The maximum atomic E-state index is 5.30. The maximum Gasteiger partial charge on any atom is 0.161 e. The number of hydrogen-bond acceptors (Lipinski definition) is 2. The van der Waals surface area contributed by atoms with Crippen LogP contribution in [0.3, 0.4) is 0 Å². The van der Waals surface area contributed by atoms with Crippen molar-refractivity contribution in [2.24, 2.45) is 0 Å². The monoisotopic (exact) mass is 616 g/mol. The Morgan fingerprint density at radius 3 is 1.40 bits per heavy atom. The second-order valence-electron chi connectivity index (χ2n) is 12.9. The lowest BCUT2D eigenvalue weighted by Gasteiger charge is -2.21. The van der Waals surface area contributed by atoms with Gasteiger partial charge in [-0.1, -0.05) is 165 Å². The standard InChI is InChI=1S/C44H32N2Si/c1-47(2)39-26-14-13-24-35(39)42-36(25-15-27-40(42)47)41-31-20-9-11-22-33(31)43(34-23-12-10-21-32(34)41)44-45-37(29-16-5-3-6-17-29)28-38(46-44)30-18-7-4-8-19-30/h3-28H,1-2H3. The van der Waals surface area contributed by atoms with Crippen LogP contribution in [-0.4, -0.2) is 18.0 Å². The SMILES string of the molecule is C[Si]1(C)c2ccccc2-c2c(-c3c4ccccc4c(-c4nc(-c5ccccc5)cc(-c5ccccc5)n4)c4ccccc34)cccc21. The van der Waals surface area contributed by atoms with Crippen LogP contribution in [0.1, 0.15) is 0 Å². The van der Waals surface area contributed by atoms with Crippen LogP contribution in [0.2, 0.25) is 13.1 Å². The molecule has 47 heavy (non-hydrogen) atoms. The summed E-state index contributed by atoms with van der Waals surface area (Å²) < 4.78 is 0. The summed E-state index contributed by atoms with van der Waals surface area (Å²) in [5.41, 5.74) is 10.4. The van der Waals surface area contributed by atoms with Gasteiger partial charge < -0.3 is 0 Å². The summed E-state index contributed by atoms with van der Waals surface area (Å²) in [6, 6.07) is 56.7. The van der Waals surface area contributed by atoms with Crippen molar-refractivity contribution >= 4 is 40.0 Å². The lowest BCUT2D eigenvalue weighted by Crippen LogP contribution is -2.49. The zero-order valence-corrected chi connectivity index (χ0v) is 27.4. The molecule has 222 valence electrons. The van der Waals surface area contributed by atoms with Crippen molar-refractivity contribution in [1.29, 1.82) is 0 Å². The molecule has 7 aromatic carbocycles. The highest BCUT2D eigenvalue weighted by Crippen LogP contribution is 2.46. The van der Waals surface area contributed by atoms with Crippen LogP contribution in [0, 0.1) is 0 Å². The Morgan fingerprint density at radius 1 is 0.383 bits per heavy atom. The Balaban J connectivity index is 1.39. The molecular weight excluding hydrogens is 585 g/mol. The Bertz CT molecular complexity index is 2370. The van der Waals surface area contributed by atoms with Gasteiger partial charge in [0.25, 0.3) is 0 Å². The van der Waals surface area contributed by atoms with Crippen molar-refractivity contribution in [3.8, 4) is 56.2 Å². The smallest absolute Gasteiger partial charge is 0.161 e. The fourth-order valence-electron chi connectivity index (χ4n) is 7.69. The number of rotatable bonds is 4. The highest BCUT2D eigenvalue weighted by molar-refractivity contribution is 7.04. The maximum absolute atomic E-state index is 5.30. The van der Waals surface area contributed by atoms with Crippen LogP contribution in [0.15, 0.2) is 158 Å². The molecular formula is C44H32N2Si. The van der Waals surface area contributed by atoms with Crippen LogP contribution in [0.4, 0.5) is 0 Å². The summed E-state index contributed by atoms with van der Waals surface area (Å²) in [7, 11) is -1.84. The first-order valence-corrected chi connectivity index (χ1v) is 19.3. The first-order chi connectivity index (χ1) is 23.1. The number of hydrogen-bond donors (Lipinski definition) is 0. The van der Waals surface area contributed by atoms with Gasteiger partial charge in [0.1, 0.15) is 8.07 Å². The minimum Gasteiger partial charge on any atom is -0.228 e. The van der Waals surface area contributed by atoms with Gasteiger partial charge in [-0.05, 0) is 60.2 Å². The summed E-state index contributed by atoms with van der Waals surface area (Å²) in [5, 5.41) is 7.78. The molecule has 0 saturated heterocycles. The van der Waals surface area contributed by atoms with E-state index in [-0.39, 0.29) is 0 Å². The van der Waals surface area contributed by atoms with E-state index in [1.165, 1.54) is 43.4 Å². The van der Waals surface area contributed by atoms with Gasteiger partial charge in [0.2, 0.25) is 0 Å². The van der Waals surface area contributed by atoms with Gasteiger partial charge in [-0.25, -0.2) is 9.97 Å². The molecule has 0 amide bonds. The molecule has 8 aromatic rings. The van der Waals surface area contributed by atoms with Crippen molar-refractivity contribution in [3.63, 3.8) is 0 Å². The molecule has 1 aliphatic rings. The van der Waals surface area contributed by atoms with E-state index < -0.39 is 8.07 Å². The topological polar surface area (TPSA) is 25.8 Å². The van der Waals surface area contributed by atoms with E-state index in [2.05, 4.69) is 159 Å². The van der Waals surface area contributed by atoms with E-state index >= 15 is 0 Å². The van der Waals surface area contributed by atoms with Crippen LogP contribution >= 0.6 is 0 Å². The molecule has 0 atom stereocenters. The van der Waals surface area contributed by atoms with Gasteiger partial charge in [0, 0.05) is 16.7 Å². The molecule has 2 nitrogen and oxygen atoms in total. The molecule has 0 fully saturated rings. The average molecular weight is 617 g/mol. The van der Waals surface area contributed by atoms with Gasteiger partial charge >= 0.3 is 0 Å². The van der Waals surface area contributed by atoms with Gasteiger partial charge in [-0.2, -0.15) is 0 Å². The predicted molar refractivity (Wildman–Crippen MR) is 201 cm³/mol. The highest BCUT2D eigenvalue weighted by atomic mass is 28.3. The van der Waals surface area contributed by atoms with Crippen molar-refractivity contribution in [2.45, 2.75) is 13.1 Å². The van der Waals surface area contributed by atoms with E-state index in [9.17, 15) is 0 Å². The number of aromatic nitrogens is 2. The first kappa shape index (κ1) is 27.6. The zero-order chi connectivity index (χ0) is 31.5. The largest absolute Gasteiger partial charge is 0.228 e. The third kappa shape index (κ3) is 4.31. The zero-order valence-electron chi connectivity index (χ0n) is 26.4. The molecule has 0 aliphatic carbocycles. The van der Waals surface area contributed by atoms with Gasteiger partial charge in [-0.3, -0.25) is 0 Å². The van der Waals surface area contributed by atoms with Crippen molar-refractivity contribution in [1.82, 2.24) is 9.97 Å². The van der Waals surface area contributed by atoms with Gasteiger partial charge in [0.15, 0.2) is 5.82 Å². The molecule has 0 bridgehead atoms. The lowest BCUT2D eigenvalue weighted by atomic mass is 9.85. The molecule has 0 unspecified atom stereocenters. The minimum atomic E-state index is -1.84. The van der Waals surface area contributed by atoms with Crippen molar-refractivity contribution in [3.05, 3.63) is 158 Å². The van der Waals surface area contributed by atoms with E-state index in [1.807, 2.05) is 12.1 Å². The average Bonchev–Trinajstić information content (AvgIpc) is 3.37. The van der Waals surface area contributed by atoms with Crippen LogP contribution < -0.4 is 10.4 Å². The Labute approximate surface area is 276 Å². The summed E-state index contributed by atoms with van der Waals surface area (Å²) in [6.07, 6.45) is 0. The van der Waals surface area contributed by atoms with E-state index in [4.69, 9.17) is 9.97 Å². The van der Waals surface area contributed by atoms with E-state index in [0.29, 0.717) is 0 Å². The number of benzene rings is 7. The molecule has 0 spiro atoms.